The summed E-state index contributed by atoms with van der Waals surface area (Å²) < 4.78 is 32.6. The van der Waals surface area contributed by atoms with Crippen LogP contribution in [0.15, 0.2) is 47.4 Å². The van der Waals surface area contributed by atoms with Gasteiger partial charge in [0, 0.05) is 0 Å². The minimum absolute atomic E-state index is 0.0965. The molecule has 1 N–H and O–H groups in total. The van der Waals surface area contributed by atoms with Crippen molar-refractivity contribution in [2.45, 2.75) is 18.7 Å². The predicted molar refractivity (Wildman–Crippen MR) is 84.6 cm³/mol. The van der Waals surface area contributed by atoms with Gasteiger partial charge in [0.2, 0.25) is 0 Å². The first-order chi connectivity index (χ1) is 9.94. The number of rotatable bonds is 5. The topological polar surface area (TPSA) is 55.4 Å². The molecule has 0 unspecified atom stereocenters. The highest BCUT2D eigenvalue weighted by Crippen LogP contribution is 2.28. The summed E-state index contributed by atoms with van der Waals surface area (Å²) in [5.74, 6) is 0.467. The first kappa shape index (κ1) is 15.7. The van der Waals surface area contributed by atoms with Crippen molar-refractivity contribution in [2.75, 3.05) is 11.3 Å². The lowest BCUT2D eigenvalue weighted by Crippen LogP contribution is -2.13. The van der Waals surface area contributed by atoms with Crippen molar-refractivity contribution in [1.82, 2.24) is 0 Å². The molecule has 6 heteroatoms. The molecule has 0 fully saturated rings. The number of sulfonamides is 1. The van der Waals surface area contributed by atoms with Crippen molar-refractivity contribution in [3.8, 4) is 5.75 Å². The van der Waals surface area contributed by atoms with E-state index in [1.54, 1.807) is 18.2 Å². The van der Waals surface area contributed by atoms with E-state index in [2.05, 4.69) is 4.72 Å². The van der Waals surface area contributed by atoms with E-state index in [9.17, 15) is 8.42 Å². The summed E-state index contributed by atoms with van der Waals surface area (Å²) in [6.07, 6.45) is 0. The van der Waals surface area contributed by atoms with Gasteiger partial charge in [-0.05, 0) is 43.7 Å². The molecule has 0 radical (unpaired) electrons. The molecule has 0 aromatic heterocycles. The fourth-order valence-electron chi connectivity index (χ4n) is 1.81. The molecule has 0 aliphatic heterocycles. The Hall–Kier alpha value is -1.72. The van der Waals surface area contributed by atoms with Gasteiger partial charge >= 0.3 is 0 Å². The van der Waals surface area contributed by atoms with Crippen molar-refractivity contribution in [1.29, 1.82) is 0 Å². The van der Waals surface area contributed by atoms with Crippen molar-refractivity contribution in [2.24, 2.45) is 0 Å². The Kier molecular flexibility index (Phi) is 4.75. The molecule has 0 bridgehead atoms. The maximum atomic E-state index is 12.4. The molecule has 0 amide bonds. The molecule has 21 heavy (non-hydrogen) atoms. The highest BCUT2D eigenvalue weighted by molar-refractivity contribution is 7.92. The molecule has 0 atom stereocenters. The minimum Gasteiger partial charge on any atom is -0.492 e. The van der Waals surface area contributed by atoms with E-state index in [1.165, 1.54) is 12.1 Å². The third-order valence-corrected chi connectivity index (χ3v) is 4.56. The van der Waals surface area contributed by atoms with Gasteiger partial charge in [-0.3, -0.25) is 4.72 Å². The third-order valence-electron chi connectivity index (χ3n) is 2.90. The van der Waals surface area contributed by atoms with Gasteiger partial charge < -0.3 is 4.74 Å². The van der Waals surface area contributed by atoms with Crippen LogP contribution in [0.3, 0.4) is 0 Å². The van der Waals surface area contributed by atoms with Gasteiger partial charge in [0.15, 0.2) is 0 Å². The Balaban J connectivity index is 2.32. The maximum Gasteiger partial charge on any atom is 0.261 e. The summed E-state index contributed by atoms with van der Waals surface area (Å²) >= 11 is 6.03. The van der Waals surface area contributed by atoms with E-state index in [-0.39, 0.29) is 9.92 Å². The van der Waals surface area contributed by atoms with Crippen LogP contribution in [0, 0.1) is 6.92 Å². The number of halogens is 1. The number of aryl methyl sites for hydroxylation is 1. The maximum absolute atomic E-state index is 12.4. The van der Waals surface area contributed by atoms with Crippen LogP contribution in [-0.2, 0) is 10.0 Å². The van der Waals surface area contributed by atoms with Crippen molar-refractivity contribution in [3.05, 3.63) is 53.1 Å². The second-order valence-corrected chi connectivity index (χ2v) is 6.54. The second-order valence-electron chi connectivity index (χ2n) is 4.45. The Morgan fingerprint density at radius 2 is 1.90 bits per heavy atom. The van der Waals surface area contributed by atoms with Gasteiger partial charge in [-0.2, -0.15) is 0 Å². The number of nitrogens with one attached hydrogen (secondary N) is 1. The quantitative estimate of drug-likeness (QED) is 0.908. The standard InChI is InChI=1S/C15H16ClNO3S/c1-3-20-15-9-8-12(10-13(15)16)21(18,19)17-14-7-5-4-6-11(14)2/h4-10,17H,3H2,1-2H3. The van der Waals surface area contributed by atoms with Gasteiger partial charge in [0.05, 0.1) is 22.2 Å². The molecular weight excluding hydrogens is 310 g/mol. The fourth-order valence-corrected chi connectivity index (χ4v) is 3.27. The van der Waals surface area contributed by atoms with Crippen LogP contribution >= 0.6 is 11.6 Å². The van der Waals surface area contributed by atoms with Crippen molar-refractivity contribution < 1.29 is 13.2 Å². The molecule has 0 aliphatic carbocycles. The first-order valence-corrected chi connectivity index (χ1v) is 8.31. The van der Waals surface area contributed by atoms with E-state index < -0.39 is 10.0 Å². The number of para-hydroxylation sites is 1. The molecular formula is C15H16ClNO3S. The van der Waals surface area contributed by atoms with Crippen molar-refractivity contribution in [3.63, 3.8) is 0 Å². The minimum atomic E-state index is -3.68. The predicted octanol–water partition coefficient (Wildman–Crippen LogP) is 3.85. The summed E-state index contributed by atoms with van der Waals surface area (Å²) in [6.45, 7) is 4.14. The van der Waals surface area contributed by atoms with Crippen LogP contribution in [0.5, 0.6) is 5.75 Å². The molecule has 2 aromatic carbocycles. The lowest BCUT2D eigenvalue weighted by atomic mass is 10.2. The van der Waals surface area contributed by atoms with E-state index in [0.717, 1.165) is 5.56 Å². The zero-order valence-electron chi connectivity index (χ0n) is 11.8. The summed E-state index contributed by atoms with van der Waals surface area (Å²) in [5.41, 5.74) is 1.39. The SMILES string of the molecule is CCOc1ccc(S(=O)(=O)Nc2ccccc2C)cc1Cl. The van der Waals surface area contributed by atoms with E-state index in [1.807, 2.05) is 26.0 Å². The molecule has 112 valence electrons. The highest BCUT2D eigenvalue weighted by Gasteiger charge is 2.17. The van der Waals surface area contributed by atoms with Gasteiger partial charge in [-0.25, -0.2) is 8.42 Å². The average molecular weight is 326 g/mol. The van der Waals surface area contributed by atoms with Gasteiger partial charge in [-0.1, -0.05) is 29.8 Å². The number of benzene rings is 2. The number of ether oxygens (including phenoxy) is 1. The summed E-state index contributed by atoms with van der Waals surface area (Å²) in [6, 6.07) is 11.6. The summed E-state index contributed by atoms with van der Waals surface area (Å²) in [4.78, 5) is 0.0965. The second kappa shape index (κ2) is 6.37. The fraction of sp³-hybridized carbons (Fsp3) is 0.200. The van der Waals surface area contributed by atoms with Crippen LogP contribution in [0.1, 0.15) is 12.5 Å². The zero-order chi connectivity index (χ0) is 15.5. The lowest BCUT2D eigenvalue weighted by Gasteiger charge is -2.12. The Labute approximate surface area is 129 Å². The monoisotopic (exact) mass is 325 g/mol. The normalized spacial score (nSPS) is 11.2. The molecule has 0 spiro atoms. The number of hydrogen-bond donors (Lipinski definition) is 1. The zero-order valence-corrected chi connectivity index (χ0v) is 13.3. The van der Waals surface area contributed by atoms with Gasteiger partial charge in [0.1, 0.15) is 5.75 Å². The number of hydrogen-bond acceptors (Lipinski definition) is 3. The lowest BCUT2D eigenvalue weighted by molar-refractivity contribution is 0.340. The molecule has 2 aromatic rings. The van der Waals surface area contributed by atoms with Gasteiger partial charge in [-0.15, -0.1) is 0 Å². The molecule has 4 nitrogen and oxygen atoms in total. The van der Waals surface area contributed by atoms with Crippen LogP contribution in [0.4, 0.5) is 5.69 Å². The molecule has 0 heterocycles. The van der Waals surface area contributed by atoms with Crippen LogP contribution in [0.25, 0.3) is 0 Å². The first-order valence-electron chi connectivity index (χ1n) is 6.45. The Bertz CT molecular complexity index is 744. The largest absolute Gasteiger partial charge is 0.492 e. The smallest absolute Gasteiger partial charge is 0.261 e. The van der Waals surface area contributed by atoms with Crippen LogP contribution in [-0.4, -0.2) is 15.0 Å². The van der Waals surface area contributed by atoms with Gasteiger partial charge in [0.25, 0.3) is 10.0 Å². The van der Waals surface area contributed by atoms with E-state index in [0.29, 0.717) is 18.0 Å². The molecule has 2 rings (SSSR count). The van der Waals surface area contributed by atoms with Crippen LogP contribution in [0.2, 0.25) is 5.02 Å². The highest BCUT2D eigenvalue weighted by atomic mass is 35.5. The Morgan fingerprint density at radius 1 is 1.19 bits per heavy atom. The Morgan fingerprint density at radius 3 is 2.52 bits per heavy atom. The van der Waals surface area contributed by atoms with E-state index in [4.69, 9.17) is 16.3 Å². The molecule has 0 aliphatic rings. The molecule has 0 saturated carbocycles. The van der Waals surface area contributed by atoms with Crippen LogP contribution < -0.4 is 9.46 Å². The van der Waals surface area contributed by atoms with Crippen molar-refractivity contribution >= 4 is 27.3 Å². The third kappa shape index (κ3) is 3.68. The summed E-state index contributed by atoms with van der Waals surface area (Å²) in [5, 5.41) is 0.268. The summed E-state index contributed by atoms with van der Waals surface area (Å²) in [7, 11) is -3.68. The number of anilines is 1. The van der Waals surface area contributed by atoms with E-state index >= 15 is 0 Å². The molecule has 0 saturated heterocycles. The average Bonchev–Trinajstić information content (AvgIpc) is 2.43.